The molecule has 0 atom stereocenters. The molecule has 0 unspecified atom stereocenters. The van der Waals surface area contributed by atoms with E-state index in [-0.39, 0.29) is 30.1 Å². The van der Waals surface area contributed by atoms with Crippen LogP contribution in [0.25, 0.3) is 0 Å². The second kappa shape index (κ2) is 11.3. The standard InChI is InChI=1S/C28H26ClFN4O2/c29-26-13-10-24(33-27(35)20-2-1-3-22(30)14-20)15-21(26)17-34(25-11-8-23(32)9-12-25)28(36)19-6-4-18(16-31)5-7-19/h1-7,10,13-15,23,25H,8-9,11-12,17,32H2,(H,33,35). The van der Waals surface area contributed by atoms with Gasteiger partial charge in [0.15, 0.2) is 0 Å². The number of rotatable bonds is 6. The summed E-state index contributed by atoms with van der Waals surface area (Å²) in [5.74, 6) is -1.11. The number of benzene rings is 3. The number of carbonyl (C=O) groups is 2. The van der Waals surface area contributed by atoms with Crippen molar-refractivity contribution in [3.05, 3.63) is 99.8 Å². The highest BCUT2D eigenvalue weighted by molar-refractivity contribution is 6.31. The fraction of sp³-hybridized carbons (Fsp3) is 0.250. The molecule has 0 bridgehead atoms. The third-order valence-corrected chi connectivity index (χ3v) is 6.80. The van der Waals surface area contributed by atoms with Gasteiger partial charge in [-0.05, 0) is 91.9 Å². The minimum absolute atomic E-state index is 0.0189. The lowest BCUT2D eigenvalue weighted by Crippen LogP contribution is -2.44. The Hall–Kier alpha value is -3.73. The number of nitrogens with zero attached hydrogens (tertiary/aromatic N) is 2. The van der Waals surface area contributed by atoms with E-state index in [0.29, 0.717) is 27.4 Å². The van der Waals surface area contributed by atoms with Gasteiger partial charge in [0.2, 0.25) is 0 Å². The largest absolute Gasteiger partial charge is 0.331 e. The molecule has 1 aliphatic carbocycles. The molecular weight excluding hydrogens is 479 g/mol. The quantitative estimate of drug-likeness (QED) is 0.462. The van der Waals surface area contributed by atoms with Gasteiger partial charge < -0.3 is 16.0 Å². The van der Waals surface area contributed by atoms with Crippen LogP contribution < -0.4 is 11.1 Å². The van der Waals surface area contributed by atoms with Gasteiger partial charge in [0, 0.05) is 40.5 Å². The SMILES string of the molecule is N#Cc1ccc(C(=O)N(Cc2cc(NC(=O)c3cccc(F)c3)ccc2Cl)C2CCC(N)CC2)cc1. The van der Waals surface area contributed by atoms with E-state index in [0.717, 1.165) is 31.7 Å². The van der Waals surface area contributed by atoms with Crippen molar-refractivity contribution in [1.29, 1.82) is 5.26 Å². The zero-order chi connectivity index (χ0) is 25.7. The van der Waals surface area contributed by atoms with Gasteiger partial charge in [-0.25, -0.2) is 4.39 Å². The highest BCUT2D eigenvalue weighted by Gasteiger charge is 2.29. The lowest BCUT2D eigenvalue weighted by Gasteiger charge is -2.36. The second-order valence-corrected chi connectivity index (χ2v) is 9.37. The highest BCUT2D eigenvalue weighted by Crippen LogP contribution is 2.29. The van der Waals surface area contributed by atoms with Crippen LogP contribution >= 0.6 is 11.6 Å². The predicted octanol–water partition coefficient (Wildman–Crippen LogP) is 5.52. The molecule has 1 saturated carbocycles. The van der Waals surface area contributed by atoms with E-state index in [1.165, 1.54) is 18.2 Å². The number of amides is 2. The maximum atomic E-state index is 13.6. The summed E-state index contributed by atoms with van der Waals surface area (Å²) < 4.78 is 13.5. The Morgan fingerprint density at radius 2 is 1.75 bits per heavy atom. The number of hydrogen-bond acceptors (Lipinski definition) is 4. The number of nitrogens with one attached hydrogen (secondary N) is 1. The Balaban J connectivity index is 1.59. The summed E-state index contributed by atoms with van der Waals surface area (Å²) in [6.07, 6.45) is 3.19. The molecule has 1 fully saturated rings. The van der Waals surface area contributed by atoms with Crippen LogP contribution in [-0.4, -0.2) is 28.8 Å². The van der Waals surface area contributed by atoms with Crippen LogP contribution in [0.5, 0.6) is 0 Å². The minimum atomic E-state index is -0.497. The van der Waals surface area contributed by atoms with E-state index in [4.69, 9.17) is 22.6 Å². The molecule has 3 aromatic rings. The monoisotopic (exact) mass is 504 g/mol. The minimum Gasteiger partial charge on any atom is -0.331 e. The molecule has 3 aromatic carbocycles. The summed E-state index contributed by atoms with van der Waals surface area (Å²) >= 11 is 6.51. The molecule has 36 heavy (non-hydrogen) atoms. The number of nitriles is 1. The van der Waals surface area contributed by atoms with Crippen molar-refractivity contribution < 1.29 is 14.0 Å². The fourth-order valence-electron chi connectivity index (χ4n) is 4.42. The van der Waals surface area contributed by atoms with Crippen LogP contribution in [0, 0.1) is 17.1 Å². The van der Waals surface area contributed by atoms with Crippen molar-refractivity contribution in [3.63, 3.8) is 0 Å². The summed E-state index contributed by atoms with van der Waals surface area (Å²) in [7, 11) is 0. The van der Waals surface area contributed by atoms with Gasteiger partial charge in [0.05, 0.1) is 11.6 Å². The van der Waals surface area contributed by atoms with Crippen LogP contribution in [0.1, 0.15) is 57.5 Å². The molecule has 0 aromatic heterocycles. The molecule has 1 aliphatic rings. The Kier molecular flexibility index (Phi) is 7.99. The van der Waals surface area contributed by atoms with E-state index in [1.54, 1.807) is 47.4 Å². The summed E-state index contributed by atoms with van der Waals surface area (Å²) in [4.78, 5) is 28.0. The Morgan fingerprint density at radius 3 is 2.42 bits per heavy atom. The lowest BCUT2D eigenvalue weighted by atomic mass is 9.90. The van der Waals surface area contributed by atoms with Gasteiger partial charge in [-0.1, -0.05) is 17.7 Å². The maximum Gasteiger partial charge on any atom is 0.255 e. The topological polar surface area (TPSA) is 99.2 Å². The summed E-state index contributed by atoms with van der Waals surface area (Å²) in [6.45, 7) is 0.237. The van der Waals surface area contributed by atoms with Gasteiger partial charge in [-0.2, -0.15) is 5.26 Å². The zero-order valence-electron chi connectivity index (χ0n) is 19.6. The lowest BCUT2D eigenvalue weighted by molar-refractivity contribution is 0.0606. The van der Waals surface area contributed by atoms with Crippen molar-refractivity contribution in [1.82, 2.24) is 4.90 Å². The van der Waals surface area contributed by atoms with E-state index in [2.05, 4.69) is 11.4 Å². The molecule has 0 saturated heterocycles. The van der Waals surface area contributed by atoms with E-state index >= 15 is 0 Å². The normalized spacial score (nSPS) is 17.2. The zero-order valence-corrected chi connectivity index (χ0v) is 20.3. The van der Waals surface area contributed by atoms with Crippen molar-refractivity contribution in [2.75, 3.05) is 5.32 Å². The van der Waals surface area contributed by atoms with Crippen molar-refractivity contribution in [3.8, 4) is 6.07 Å². The molecule has 8 heteroatoms. The first-order chi connectivity index (χ1) is 17.3. The van der Waals surface area contributed by atoms with Gasteiger partial charge in [0.1, 0.15) is 5.82 Å². The Bertz CT molecular complexity index is 1300. The van der Waals surface area contributed by atoms with Gasteiger partial charge in [0.25, 0.3) is 11.8 Å². The number of hydrogen-bond donors (Lipinski definition) is 2. The average Bonchev–Trinajstić information content (AvgIpc) is 2.89. The highest BCUT2D eigenvalue weighted by atomic mass is 35.5. The van der Waals surface area contributed by atoms with E-state index < -0.39 is 11.7 Å². The van der Waals surface area contributed by atoms with Gasteiger partial charge >= 0.3 is 0 Å². The smallest absolute Gasteiger partial charge is 0.255 e. The molecular formula is C28H26ClFN4O2. The predicted molar refractivity (Wildman–Crippen MR) is 137 cm³/mol. The first kappa shape index (κ1) is 25.4. The number of carbonyl (C=O) groups excluding carboxylic acids is 2. The molecule has 0 heterocycles. The summed E-state index contributed by atoms with van der Waals surface area (Å²) in [6, 6.07) is 19.2. The second-order valence-electron chi connectivity index (χ2n) is 8.96. The summed E-state index contributed by atoms with van der Waals surface area (Å²) in [5, 5.41) is 12.3. The molecule has 184 valence electrons. The van der Waals surface area contributed by atoms with Crippen LogP contribution in [0.4, 0.5) is 10.1 Å². The van der Waals surface area contributed by atoms with Crippen LogP contribution in [-0.2, 0) is 6.54 Å². The van der Waals surface area contributed by atoms with E-state index in [9.17, 15) is 14.0 Å². The van der Waals surface area contributed by atoms with Gasteiger partial charge in [-0.15, -0.1) is 0 Å². The van der Waals surface area contributed by atoms with Crippen molar-refractivity contribution in [2.45, 2.75) is 44.3 Å². The Labute approximate surface area is 214 Å². The van der Waals surface area contributed by atoms with Crippen LogP contribution in [0.3, 0.4) is 0 Å². The first-order valence-corrected chi connectivity index (χ1v) is 12.1. The van der Waals surface area contributed by atoms with Crippen molar-refractivity contribution >= 4 is 29.1 Å². The molecule has 0 aliphatic heterocycles. The third kappa shape index (κ3) is 6.09. The van der Waals surface area contributed by atoms with Crippen molar-refractivity contribution in [2.24, 2.45) is 5.73 Å². The molecule has 4 rings (SSSR count). The number of anilines is 1. The van der Waals surface area contributed by atoms with E-state index in [1.807, 2.05) is 0 Å². The molecule has 0 radical (unpaired) electrons. The number of halogens is 2. The third-order valence-electron chi connectivity index (χ3n) is 6.44. The fourth-order valence-corrected chi connectivity index (χ4v) is 4.60. The molecule has 3 N–H and O–H groups in total. The molecule has 6 nitrogen and oxygen atoms in total. The average molecular weight is 505 g/mol. The number of nitrogens with two attached hydrogens (primary N) is 1. The summed E-state index contributed by atoms with van der Waals surface area (Å²) in [5.41, 5.74) is 8.41. The maximum absolute atomic E-state index is 13.6. The Morgan fingerprint density at radius 1 is 1.03 bits per heavy atom. The van der Waals surface area contributed by atoms with Crippen LogP contribution in [0.2, 0.25) is 5.02 Å². The first-order valence-electron chi connectivity index (χ1n) is 11.8. The van der Waals surface area contributed by atoms with Crippen LogP contribution in [0.15, 0.2) is 66.7 Å². The van der Waals surface area contributed by atoms with Gasteiger partial charge in [-0.3, -0.25) is 9.59 Å². The molecule has 2 amide bonds. The molecule has 0 spiro atoms.